The second-order valence-corrected chi connectivity index (χ2v) is 9.97. The van der Waals surface area contributed by atoms with Gasteiger partial charge >= 0.3 is 0 Å². The van der Waals surface area contributed by atoms with Crippen molar-refractivity contribution < 1.29 is 19.7 Å². The van der Waals surface area contributed by atoms with Gasteiger partial charge in [-0.1, -0.05) is 52.9 Å². The SMILES string of the molecule is CCCCCCCC(CCCO)C(CCCO)(CCC(C)(C)CN)C(C)(OC)OC. The van der Waals surface area contributed by atoms with Crippen LogP contribution in [0.1, 0.15) is 105 Å². The van der Waals surface area contributed by atoms with E-state index in [9.17, 15) is 10.2 Å². The van der Waals surface area contributed by atoms with Gasteiger partial charge in [-0.15, -0.1) is 0 Å². The van der Waals surface area contributed by atoms with E-state index in [0.717, 1.165) is 44.9 Å². The van der Waals surface area contributed by atoms with Gasteiger partial charge in [0.15, 0.2) is 5.79 Å². The lowest BCUT2D eigenvalue weighted by Gasteiger charge is -2.53. The smallest absolute Gasteiger partial charge is 0.170 e. The third-order valence-corrected chi connectivity index (χ3v) is 7.41. The van der Waals surface area contributed by atoms with Crippen molar-refractivity contribution in [1.29, 1.82) is 0 Å². The highest BCUT2D eigenvalue weighted by molar-refractivity contribution is 4.97. The van der Waals surface area contributed by atoms with Crippen molar-refractivity contribution in [3.63, 3.8) is 0 Å². The molecule has 2 atom stereocenters. The highest BCUT2D eigenvalue weighted by Crippen LogP contribution is 2.53. The Morgan fingerprint density at radius 3 is 1.83 bits per heavy atom. The fourth-order valence-electron chi connectivity index (χ4n) is 4.93. The molecule has 5 nitrogen and oxygen atoms in total. The first-order valence-corrected chi connectivity index (χ1v) is 12.2. The van der Waals surface area contributed by atoms with Gasteiger partial charge in [0.25, 0.3) is 0 Å². The molecular weight excluding hydrogens is 378 g/mol. The van der Waals surface area contributed by atoms with Gasteiger partial charge in [-0.25, -0.2) is 0 Å². The van der Waals surface area contributed by atoms with E-state index in [0.29, 0.717) is 12.5 Å². The Bertz CT molecular complexity index is 412. The lowest BCUT2D eigenvalue weighted by molar-refractivity contribution is -0.287. The zero-order valence-electron chi connectivity index (χ0n) is 21.0. The number of aliphatic hydroxyl groups excluding tert-OH is 2. The molecule has 4 N–H and O–H groups in total. The molecule has 0 bridgehead atoms. The van der Waals surface area contributed by atoms with Crippen LogP contribution in [-0.2, 0) is 9.47 Å². The molecule has 0 aromatic carbocycles. The summed E-state index contributed by atoms with van der Waals surface area (Å²) in [6.45, 7) is 9.73. The van der Waals surface area contributed by atoms with E-state index in [1.165, 1.54) is 32.1 Å². The van der Waals surface area contributed by atoms with Gasteiger partial charge in [0.05, 0.1) is 0 Å². The van der Waals surface area contributed by atoms with Crippen molar-refractivity contribution in [2.75, 3.05) is 34.0 Å². The third kappa shape index (κ3) is 9.12. The van der Waals surface area contributed by atoms with Gasteiger partial charge in [0, 0.05) is 32.8 Å². The first-order valence-electron chi connectivity index (χ1n) is 12.2. The predicted molar refractivity (Wildman–Crippen MR) is 126 cm³/mol. The van der Waals surface area contributed by atoms with Crippen LogP contribution >= 0.6 is 0 Å². The summed E-state index contributed by atoms with van der Waals surface area (Å²) in [5.74, 6) is -0.396. The maximum Gasteiger partial charge on any atom is 0.170 e. The molecule has 0 rings (SSSR count). The number of nitrogens with two attached hydrogens (primary N) is 1. The second-order valence-electron chi connectivity index (χ2n) is 9.97. The van der Waals surface area contributed by atoms with Crippen molar-refractivity contribution in [2.45, 2.75) is 111 Å². The molecule has 0 amide bonds. The van der Waals surface area contributed by atoms with Gasteiger partial charge in [-0.3, -0.25) is 0 Å². The summed E-state index contributed by atoms with van der Waals surface area (Å²) < 4.78 is 12.1. The Morgan fingerprint density at radius 1 is 0.767 bits per heavy atom. The number of aliphatic hydroxyl groups is 2. The average molecular weight is 432 g/mol. The summed E-state index contributed by atoms with van der Waals surface area (Å²) in [5, 5.41) is 19.3. The van der Waals surface area contributed by atoms with E-state index in [-0.39, 0.29) is 24.0 Å². The molecular formula is C25H53NO4. The number of hydrogen-bond donors (Lipinski definition) is 3. The molecule has 182 valence electrons. The number of methoxy groups -OCH3 is 2. The van der Waals surface area contributed by atoms with Gasteiger partial charge in [-0.05, 0) is 69.7 Å². The average Bonchev–Trinajstić information content (AvgIpc) is 2.75. The van der Waals surface area contributed by atoms with Crippen LogP contribution in [0.2, 0.25) is 0 Å². The fourth-order valence-corrected chi connectivity index (χ4v) is 4.93. The number of hydrogen-bond acceptors (Lipinski definition) is 5. The molecule has 0 aliphatic rings. The Kier molecular flexibility index (Phi) is 15.5. The van der Waals surface area contributed by atoms with E-state index in [4.69, 9.17) is 15.2 Å². The molecule has 0 aromatic heterocycles. The zero-order chi connectivity index (χ0) is 23.1. The topological polar surface area (TPSA) is 84.9 Å². The van der Waals surface area contributed by atoms with Crippen molar-refractivity contribution >= 4 is 0 Å². The molecule has 0 radical (unpaired) electrons. The van der Waals surface area contributed by atoms with Crippen LogP contribution in [0.5, 0.6) is 0 Å². The van der Waals surface area contributed by atoms with Crippen molar-refractivity contribution in [2.24, 2.45) is 22.5 Å². The summed E-state index contributed by atoms with van der Waals surface area (Å²) in [6.07, 6.45) is 12.5. The van der Waals surface area contributed by atoms with Crippen molar-refractivity contribution in [3.05, 3.63) is 0 Å². The maximum atomic E-state index is 9.70. The van der Waals surface area contributed by atoms with E-state index < -0.39 is 5.79 Å². The molecule has 5 heteroatoms. The first kappa shape index (κ1) is 29.8. The van der Waals surface area contributed by atoms with Crippen LogP contribution in [0, 0.1) is 16.7 Å². The maximum absolute atomic E-state index is 9.70. The molecule has 0 aromatic rings. The molecule has 0 spiro atoms. The third-order valence-electron chi connectivity index (χ3n) is 7.41. The van der Waals surface area contributed by atoms with E-state index in [1.807, 2.05) is 0 Å². The minimum atomic E-state index is -0.754. The van der Waals surface area contributed by atoms with Gasteiger partial charge in [0.2, 0.25) is 0 Å². The molecule has 2 unspecified atom stereocenters. The normalized spacial score (nSPS) is 15.9. The lowest BCUT2D eigenvalue weighted by atomic mass is 9.59. The summed E-state index contributed by atoms with van der Waals surface area (Å²) in [6, 6.07) is 0. The zero-order valence-corrected chi connectivity index (χ0v) is 21.0. The number of ether oxygens (including phenoxy) is 2. The molecule has 0 heterocycles. The molecule has 0 aliphatic carbocycles. The van der Waals surface area contributed by atoms with Gasteiger partial charge in [0.1, 0.15) is 0 Å². The van der Waals surface area contributed by atoms with Crippen LogP contribution in [0.15, 0.2) is 0 Å². The highest BCUT2D eigenvalue weighted by atomic mass is 16.7. The van der Waals surface area contributed by atoms with Crippen molar-refractivity contribution in [3.8, 4) is 0 Å². The van der Waals surface area contributed by atoms with Crippen molar-refractivity contribution in [1.82, 2.24) is 0 Å². The Balaban J connectivity index is 5.98. The quantitative estimate of drug-likeness (QED) is 0.181. The van der Waals surface area contributed by atoms with E-state index in [2.05, 4.69) is 27.7 Å². The van der Waals surface area contributed by atoms with Crippen LogP contribution in [0.25, 0.3) is 0 Å². The molecule has 0 saturated heterocycles. The number of rotatable bonds is 20. The molecule has 0 saturated carbocycles. The molecule has 0 aliphatic heterocycles. The Labute approximate surface area is 187 Å². The Hall–Kier alpha value is -0.200. The van der Waals surface area contributed by atoms with Crippen LogP contribution in [0.3, 0.4) is 0 Å². The minimum Gasteiger partial charge on any atom is -0.396 e. The van der Waals surface area contributed by atoms with Crippen LogP contribution in [0.4, 0.5) is 0 Å². The fraction of sp³-hybridized carbons (Fsp3) is 1.00. The number of unbranched alkanes of at least 4 members (excludes halogenated alkanes) is 4. The summed E-state index contributed by atoms with van der Waals surface area (Å²) in [5.41, 5.74) is 5.85. The Morgan fingerprint density at radius 2 is 1.33 bits per heavy atom. The second kappa shape index (κ2) is 15.6. The highest BCUT2D eigenvalue weighted by Gasteiger charge is 2.53. The largest absolute Gasteiger partial charge is 0.396 e. The summed E-state index contributed by atoms with van der Waals surface area (Å²) in [4.78, 5) is 0. The standard InChI is InChI=1S/C25H53NO4/c1-7-8-9-10-11-14-22(15-12-19-27)25(16-13-20-28,24(4,29-5)30-6)18-17-23(2,3)21-26/h22,27-28H,7-21,26H2,1-6H3. The van der Waals surface area contributed by atoms with Crippen LogP contribution in [-0.4, -0.2) is 50.0 Å². The monoisotopic (exact) mass is 431 g/mol. The molecule has 30 heavy (non-hydrogen) atoms. The summed E-state index contributed by atoms with van der Waals surface area (Å²) >= 11 is 0. The van der Waals surface area contributed by atoms with Gasteiger partial charge < -0.3 is 25.4 Å². The van der Waals surface area contributed by atoms with Gasteiger partial charge in [-0.2, -0.15) is 0 Å². The first-order chi connectivity index (χ1) is 14.2. The van der Waals surface area contributed by atoms with E-state index >= 15 is 0 Å². The minimum absolute atomic E-state index is 0.0372. The summed E-state index contributed by atoms with van der Waals surface area (Å²) in [7, 11) is 3.46. The molecule has 0 fully saturated rings. The predicted octanol–water partition coefficient (Wildman–Crippen LogP) is 5.27. The van der Waals surface area contributed by atoms with E-state index in [1.54, 1.807) is 14.2 Å². The lowest BCUT2D eigenvalue weighted by Crippen LogP contribution is -2.54. The van der Waals surface area contributed by atoms with Crippen LogP contribution < -0.4 is 5.73 Å².